The van der Waals surface area contributed by atoms with E-state index in [9.17, 15) is 0 Å². The van der Waals surface area contributed by atoms with E-state index in [1.807, 2.05) is 13.8 Å². The maximum Gasteiger partial charge on any atom is 0.157 e. The fraction of sp³-hybridized carbons (Fsp3) is 1.00. The van der Waals surface area contributed by atoms with E-state index in [0.29, 0.717) is 26.4 Å². The Morgan fingerprint density at radius 1 is 0.933 bits per heavy atom. The van der Waals surface area contributed by atoms with Gasteiger partial charge in [0, 0.05) is 33.4 Å². The fourth-order valence-electron chi connectivity index (χ4n) is 1.18. The molecule has 0 unspecified atom stereocenters. The van der Waals surface area contributed by atoms with Crippen molar-refractivity contribution in [2.45, 2.75) is 33.0 Å². The average molecular weight is 220 g/mol. The summed E-state index contributed by atoms with van der Waals surface area (Å²) in [5.41, 5.74) is 0. The molecule has 0 aliphatic carbocycles. The third-order valence-corrected chi connectivity index (χ3v) is 1.87. The minimum Gasteiger partial charge on any atom is -0.382 e. The average Bonchev–Trinajstić information content (AvgIpc) is 2.24. The summed E-state index contributed by atoms with van der Waals surface area (Å²) in [7, 11) is 1.67. The van der Waals surface area contributed by atoms with Gasteiger partial charge in [-0.15, -0.1) is 0 Å². The van der Waals surface area contributed by atoms with Gasteiger partial charge in [-0.3, -0.25) is 0 Å². The Hall–Kier alpha value is -0.160. The monoisotopic (exact) mass is 220 g/mol. The first-order chi connectivity index (χ1) is 7.35. The predicted octanol–water partition coefficient (Wildman–Crippen LogP) is 1.83. The maximum absolute atomic E-state index is 5.41. The minimum absolute atomic E-state index is 0.0778. The van der Waals surface area contributed by atoms with Crippen molar-refractivity contribution in [1.29, 1.82) is 0 Å². The van der Waals surface area contributed by atoms with E-state index in [2.05, 4.69) is 0 Å². The van der Waals surface area contributed by atoms with Crippen LogP contribution in [0.4, 0.5) is 0 Å². The lowest BCUT2D eigenvalue weighted by atomic mass is 10.3. The van der Waals surface area contributed by atoms with Crippen molar-refractivity contribution < 1.29 is 18.9 Å². The van der Waals surface area contributed by atoms with Gasteiger partial charge in [0.2, 0.25) is 0 Å². The number of rotatable bonds is 11. The zero-order chi connectivity index (χ0) is 11.4. The molecule has 0 aromatic heterocycles. The molecule has 0 bridgehead atoms. The van der Waals surface area contributed by atoms with Gasteiger partial charge in [-0.25, -0.2) is 0 Å². The van der Waals surface area contributed by atoms with Gasteiger partial charge in [0.1, 0.15) is 0 Å². The topological polar surface area (TPSA) is 36.9 Å². The lowest BCUT2D eigenvalue weighted by Crippen LogP contribution is -2.18. The zero-order valence-electron chi connectivity index (χ0n) is 10.2. The van der Waals surface area contributed by atoms with Crippen molar-refractivity contribution in [3.05, 3.63) is 0 Å². The highest BCUT2D eigenvalue weighted by Crippen LogP contribution is 2.04. The van der Waals surface area contributed by atoms with Crippen LogP contribution in [0.5, 0.6) is 0 Å². The molecule has 0 radical (unpaired) electrons. The Bertz CT molecular complexity index is 113. The minimum atomic E-state index is -0.0778. The Morgan fingerprint density at radius 3 is 2.13 bits per heavy atom. The van der Waals surface area contributed by atoms with Crippen LogP contribution in [0, 0.1) is 0 Å². The van der Waals surface area contributed by atoms with Gasteiger partial charge in [0.05, 0.1) is 13.2 Å². The van der Waals surface area contributed by atoms with Crippen molar-refractivity contribution in [3.8, 4) is 0 Å². The van der Waals surface area contributed by atoms with Crippen molar-refractivity contribution >= 4 is 0 Å². The number of methoxy groups -OCH3 is 1. The molecule has 0 atom stereocenters. The molecule has 0 amide bonds. The highest BCUT2D eigenvalue weighted by atomic mass is 16.7. The van der Waals surface area contributed by atoms with Crippen LogP contribution in [0.2, 0.25) is 0 Å². The summed E-state index contributed by atoms with van der Waals surface area (Å²) < 4.78 is 21.0. The van der Waals surface area contributed by atoms with Crippen LogP contribution < -0.4 is 0 Å². The summed E-state index contributed by atoms with van der Waals surface area (Å²) in [5, 5.41) is 0. The molecule has 0 N–H and O–H groups in total. The van der Waals surface area contributed by atoms with Gasteiger partial charge in [0.15, 0.2) is 6.29 Å². The highest BCUT2D eigenvalue weighted by molar-refractivity contribution is 4.46. The molecule has 0 aliphatic rings. The molecular formula is C11H24O4. The Labute approximate surface area is 92.8 Å². The first kappa shape index (κ1) is 14.8. The third-order valence-electron chi connectivity index (χ3n) is 1.87. The Morgan fingerprint density at radius 2 is 1.60 bits per heavy atom. The van der Waals surface area contributed by atoms with E-state index in [1.165, 1.54) is 0 Å². The number of hydrogen-bond acceptors (Lipinski definition) is 4. The first-order valence-corrected chi connectivity index (χ1v) is 5.65. The number of hydrogen-bond donors (Lipinski definition) is 0. The molecule has 0 heterocycles. The molecule has 92 valence electrons. The van der Waals surface area contributed by atoms with Gasteiger partial charge in [-0.1, -0.05) is 0 Å². The second-order valence-electron chi connectivity index (χ2n) is 3.09. The quantitative estimate of drug-likeness (QED) is 0.393. The predicted molar refractivity (Wildman–Crippen MR) is 59.0 cm³/mol. The zero-order valence-corrected chi connectivity index (χ0v) is 10.2. The summed E-state index contributed by atoms with van der Waals surface area (Å²) in [6.07, 6.45) is 1.76. The molecule has 15 heavy (non-hydrogen) atoms. The summed E-state index contributed by atoms with van der Waals surface area (Å²) in [4.78, 5) is 0. The molecule has 0 spiro atoms. The van der Waals surface area contributed by atoms with Crippen molar-refractivity contribution in [2.75, 3.05) is 40.1 Å². The molecule has 0 fully saturated rings. The molecule has 0 rings (SSSR count). The molecule has 0 aliphatic heterocycles. The molecule has 0 saturated heterocycles. The number of ether oxygens (including phenoxy) is 4. The largest absolute Gasteiger partial charge is 0.382 e. The van der Waals surface area contributed by atoms with Crippen LogP contribution in [-0.4, -0.2) is 46.4 Å². The van der Waals surface area contributed by atoms with Crippen LogP contribution in [0.25, 0.3) is 0 Å². The van der Waals surface area contributed by atoms with E-state index < -0.39 is 0 Å². The molecule has 0 saturated carbocycles. The van der Waals surface area contributed by atoms with E-state index in [0.717, 1.165) is 19.4 Å². The van der Waals surface area contributed by atoms with Gasteiger partial charge in [-0.2, -0.15) is 0 Å². The summed E-state index contributed by atoms with van der Waals surface area (Å²) in [6, 6.07) is 0. The molecule has 0 aromatic rings. The fourth-order valence-corrected chi connectivity index (χ4v) is 1.18. The summed E-state index contributed by atoms with van der Waals surface area (Å²) in [5.74, 6) is 0. The molecule has 4 heteroatoms. The smallest absolute Gasteiger partial charge is 0.157 e. The van der Waals surface area contributed by atoms with Crippen LogP contribution in [0.1, 0.15) is 26.7 Å². The van der Waals surface area contributed by atoms with Gasteiger partial charge in [0.25, 0.3) is 0 Å². The van der Waals surface area contributed by atoms with Crippen LogP contribution in [0.15, 0.2) is 0 Å². The van der Waals surface area contributed by atoms with Crippen molar-refractivity contribution in [1.82, 2.24) is 0 Å². The highest BCUT2D eigenvalue weighted by Gasteiger charge is 2.06. The van der Waals surface area contributed by atoms with Gasteiger partial charge < -0.3 is 18.9 Å². The van der Waals surface area contributed by atoms with Crippen LogP contribution in [-0.2, 0) is 18.9 Å². The second kappa shape index (κ2) is 11.9. The normalized spacial score (nSPS) is 11.2. The Kier molecular flexibility index (Phi) is 11.8. The van der Waals surface area contributed by atoms with Gasteiger partial charge >= 0.3 is 0 Å². The van der Waals surface area contributed by atoms with E-state index >= 15 is 0 Å². The van der Waals surface area contributed by atoms with Gasteiger partial charge in [-0.05, 0) is 20.3 Å². The van der Waals surface area contributed by atoms with Crippen LogP contribution >= 0.6 is 0 Å². The lowest BCUT2D eigenvalue weighted by molar-refractivity contribution is -0.141. The van der Waals surface area contributed by atoms with E-state index in [-0.39, 0.29) is 6.29 Å². The summed E-state index contributed by atoms with van der Waals surface area (Å²) in [6.45, 7) is 7.37. The lowest BCUT2D eigenvalue weighted by Gasteiger charge is -2.16. The second-order valence-corrected chi connectivity index (χ2v) is 3.09. The van der Waals surface area contributed by atoms with Crippen LogP contribution in [0.3, 0.4) is 0 Å². The first-order valence-electron chi connectivity index (χ1n) is 5.65. The Balaban J connectivity index is 3.28. The standard InChI is InChI=1S/C11H24O4/c1-4-14-11(15-5-2)7-6-8-13-10-9-12-3/h11H,4-10H2,1-3H3. The molecule has 0 aromatic carbocycles. The van der Waals surface area contributed by atoms with Crippen molar-refractivity contribution in [3.63, 3.8) is 0 Å². The maximum atomic E-state index is 5.41. The molecule has 4 nitrogen and oxygen atoms in total. The van der Waals surface area contributed by atoms with Crippen molar-refractivity contribution in [2.24, 2.45) is 0 Å². The SMILES string of the molecule is CCOC(CCCOCCOC)OCC. The molecular weight excluding hydrogens is 196 g/mol. The third kappa shape index (κ3) is 10.1. The van der Waals surface area contributed by atoms with E-state index in [4.69, 9.17) is 18.9 Å². The van der Waals surface area contributed by atoms with E-state index in [1.54, 1.807) is 7.11 Å². The summed E-state index contributed by atoms with van der Waals surface area (Å²) >= 11 is 0.